The highest BCUT2D eigenvalue weighted by molar-refractivity contribution is 5.82. The zero-order chi connectivity index (χ0) is 28.4. The summed E-state index contributed by atoms with van der Waals surface area (Å²) in [6, 6.07) is 17.4. The lowest BCUT2D eigenvalue weighted by Crippen LogP contribution is -2.02. The summed E-state index contributed by atoms with van der Waals surface area (Å²) in [7, 11) is 0. The molecule has 4 nitrogen and oxygen atoms in total. The lowest BCUT2D eigenvalue weighted by Gasteiger charge is -2.10. The van der Waals surface area contributed by atoms with Crippen molar-refractivity contribution in [3.05, 3.63) is 70.8 Å². The summed E-state index contributed by atoms with van der Waals surface area (Å²) in [5.41, 5.74) is 5.16. The standard InChI is InChI=1S/C18H28O2.C18H26O2/c2*1-2-3-4-5-6-7-8-15-9-11-16(12-10-15)18-13-17(19)14-20-18/h9-12,17-19H,2-8,13-14H2,1H3;9-12,18H,2-8,13-14H2,1H3. The Kier molecular flexibility index (Phi) is 15.6. The molecule has 40 heavy (non-hydrogen) atoms. The molecule has 222 valence electrons. The van der Waals surface area contributed by atoms with E-state index in [-0.39, 0.29) is 30.7 Å². The highest BCUT2D eigenvalue weighted by atomic mass is 16.5. The third kappa shape index (κ3) is 12.2. The Bertz CT molecular complexity index is 936. The van der Waals surface area contributed by atoms with Gasteiger partial charge in [0.1, 0.15) is 6.61 Å². The average Bonchev–Trinajstić information content (AvgIpc) is 3.62. The molecule has 0 aliphatic carbocycles. The third-order valence-corrected chi connectivity index (χ3v) is 8.18. The van der Waals surface area contributed by atoms with Gasteiger partial charge in [-0.2, -0.15) is 0 Å². The van der Waals surface area contributed by atoms with Crippen LogP contribution < -0.4 is 0 Å². The largest absolute Gasteiger partial charge is 0.391 e. The van der Waals surface area contributed by atoms with Gasteiger partial charge in [0.2, 0.25) is 0 Å². The predicted molar refractivity (Wildman–Crippen MR) is 165 cm³/mol. The van der Waals surface area contributed by atoms with Crippen molar-refractivity contribution in [1.82, 2.24) is 0 Å². The number of hydrogen-bond acceptors (Lipinski definition) is 4. The van der Waals surface area contributed by atoms with Crippen LogP contribution >= 0.6 is 0 Å². The van der Waals surface area contributed by atoms with Crippen molar-refractivity contribution in [1.29, 1.82) is 0 Å². The normalized spacial score (nSPS) is 20.5. The molecule has 0 saturated carbocycles. The number of hydrogen-bond donors (Lipinski definition) is 1. The zero-order valence-corrected chi connectivity index (χ0v) is 25.3. The summed E-state index contributed by atoms with van der Waals surface area (Å²) in [6.07, 6.45) is 19.5. The molecular formula is C36H54O4. The molecule has 2 aromatic carbocycles. The van der Waals surface area contributed by atoms with E-state index >= 15 is 0 Å². The molecule has 0 aromatic heterocycles. The van der Waals surface area contributed by atoms with Crippen LogP contribution in [-0.2, 0) is 27.1 Å². The minimum atomic E-state index is -0.289. The van der Waals surface area contributed by atoms with Gasteiger partial charge in [0.25, 0.3) is 0 Å². The Morgan fingerprint density at radius 3 is 1.55 bits per heavy atom. The van der Waals surface area contributed by atoms with Crippen molar-refractivity contribution in [2.75, 3.05) is 13.2 Å². The number of ether oxygens (including phenoxy) is 2. The van der Waals surface area contributed by atoms with E-state index in [9.17, 15) is 9.90 Å². The first-order valence-electron chi connectivity index (χ1n) is 16.2. The number of unbranched alkanes of at least 4 members (excludes halogenated alkanes) is 10. The Hall–Kier alpha value is -2.01. The third-order valence-electron chi connectivity index (χ3n) is 8.18. The van der Waals surface area contributed by atoms with Crippen LogP contribution in [0, 0.1) is 0 Å². The number of carbonyl (C=O) groups excluding carboxylic acids is 1. The van der Waals surface area contributed by atoms with Crippen LogP contribution in [0.4, 0.5) is 0 Å². The van der Waals surface area contributed by atoms with Gasteiger partial charge < -0.3 is 14.6 Å². The number of carbonyl (C=O) groups is 1. The molecule has 4 heteroatoms. The number of aliphatic hydroxyl groups is 1. The average molecular weight is 551 g/mol. The molecule has 2 heterocycles. The van der Waals surface area contributed by atoms with Crippen LogP contribution in [0.5, 0.6) is 0 Å². The Morgan fingerprint density at radius 2 is 1.12 bits per heavy atom. The van der Waals surface area contributed by atoms with Crippen LogP contribution in [-0.4, -0.2) is 30.2 Å². The van der Waals surface area contributed by atoms with Gasteiger partial charge >= 0.3 is 0 Å². The van der Waals surface area contributed by atoms with Gasteiger partial charge in [-0.15, -0.1) is 0 Å². The van der Waals surface area contributed by atoms with Crippen molar-refractivity contribution in [2.45, 2.75) is 135 Å². The lowest BCUT2D eigenvalue weighted by molar-refractivity contribution is -0.117. The molecule has 3 atom stereocenters. The van der Waals surface area contributed by atoms with Crippen molar-refractivity contribution < 1.29 is 19.4 Å². The molecule has 2 aliphatic heterocycles. The summed E-state index contributed by atoms with van der Waals surface area (Å²) in [5.74, 6) is 0.214. The van der Waals surface area contributed by atoms with Crippen molar-refractivity contribution >= 4 is 5.78 Å². The fourth-order valence-corrected chi connectivity index (χ4v) is 5.59. The Balaban J connectivity index is 0.000000220. The molecular weight excluding hydrogens is 496 g/mol. The van der Waals surface area contributed by atoms with Crippen LogP contribution in [0.1, 0.15) is 138 Å². The van der Waals surface area contributed by atoms with Gasteiger partial charge in [-0.05, 0) is 47.9 Å². The number of ketones is 1. The molecule has 0 bridgehead atoms. The number of rotatable bonds is 16. The predicted octanol–water partition coefficient (Wildman–Crippen LogP) is 9.03. The van der Waals surface area contributed by atoms with E-state index in [2.05, 4.69) is 62.4 Å². The Labute approximate surface area is 243 Å². The van der Waals surface area contributed by atoms with E-state index in [0.29, 0.717) is 13.0 Å². The summed E-state index contributed by atoms with van der Waals surface area (Å²) < 4.78 is 11.1. The second kappa shape index (κ2) is 19.2. The zero-order valence-electron chi connectivity index (χ0n) is 25.3. The van der Waals surface area contributed by atoms with E-state index in [1.165, 1.54) is 100 Å². The first kappa shape index (κ1) is 32.5. The summed E-state index contributed by atoms with van der Waals surface area (Å²) in [6.45, 7) is 5.27. The van der Waals surface area contributed by atoms with Gasteiger partial charge in [-0.1, -0.05) is 127 Å². The number of Topliss-reactive ketones (excluding diaryl/α,β-unsaturated/α-hetero) is 1. The van der Waals surface area contributed by atoms with Crippen LogP contribution in [0.25, 0.3) is 0 Å². The van der Waals surface area contributed by atoms with Crippen LogP contribution in [0.2, 0.25) is 0 Å². The highest BCUT2D eigenvalue weighted by Crippen LogP contribution is 2.29. The molecule has 4 rings (SSSR count). The SMILES string of the molecule is CCCCCCCCc1ccc(C2CC(=O)CO2)cc1.CCCCCCCCc1ccc(C2CC(O)CO2)cc1. The molecule has 0 spiro atoms. The monoisotopic (exact) mass is 550 g/mol. The van der Waals surface area contributed by atoms with E-state index in [4.69, 9.17) is 9.47 Å². The van der Waals surface area contributed by atoms with Crippen molar-refractivity contribution in [3.8, 4) is 0 Å². The van der Waals surface area contributed by atoms with Gasteiger partial charge in [0.15, 0.2) is 5.78 Å². The fraction of sp³-hybridized carbons (Fsp3) is 0.639. The summed E-state index contributed by atoms with van der Waals surface area (Å²) >= 11 is 0. The maximum Gasteiger partial charge on any atom is 0.161 e. The number of aliphatic hydroxyl groups excluding tert-OH is 1. The number of aryl methyl sites for hydroxylation is 2. The van der Waals surface area contributed by atoms with Gasteiger partial charge in [-0.25, -0.2) is 0 Å². The topological polar surface area (TPSA) is 55.8 Å². The molecule has 0 amide bonds. The summed E-state index contributed by atoms with van der Waals surface area (Å²) in [5, 5.41) is 9.50. The first-order chi connectivity index (χ1) is 19.6. The first-order valence-corrected chi connectivity index (χ1v) is 16.2. The quantitative estimate of drug-likeness (QED) is 0.212. The van der Waals surface area contributed by atoms with Crippen LogP contribution in [0.3, 0.4) is 0 Å². The molecule has 2 aromatic rings. The molecule has 0 radical (unpaired) electrons. The molecule has 2 aliphatic rings. The second-order valence-electron chi connectivity index (χ2n) is 11.8. The molecule has 3 unspecified atom stereocenters. The molecule has 2 fully saturated rings. The molecule has 1 N–H and O–H groups in total. The van der Waals surface area contributed by atoms with Crippen molar-refractivity contribution in [3.63, 3.8) is 0 Å². The highest BCUT2D eigenvalue weighted by Gasteiger charge is 2.25. The Morgan fingerprint density at radius 1 is 0.650 bits per heavy atom. The summed E-state index contributed by atoms with van der Waals surface area (Å²) in [4.78, 5) is 11.2. The minimum Gasteiger partial charge on any atom is -0.391 e. The smallest absolute Gasteiger partial charge is 0.161 e. The van der Waals surface area contributed by atoms with E-state index in [1.807, 2.05) is 0 Å². The van der Waals surface area contributed by atoms with E-state index in [0.717, 1.165) is 18.4 Å². The van der Waals surface area contributed by atoms with Crippen LogP contribution in [0.15, 0.2) is 48.5 Å². The van der Waals surface area contributed by atoms with Gasteiger partial charge in [0.05, 0.1) is 24.9 Å². The fourth-order valence-electron chi connectivity index (χ4n) is 5.59. The lowest BCUT2D eigenvalue weighted by atomic mass is 10.0. The van der Waals surface area contributed by atoms with Gasteiger partial charge in [-0.3, -0.25) is 4.79 Å². The maximum atomic E-state index is 11.2. The maximum absolute atomic E-state index is 11.2. The van der Waals surface area contributed by atoms with Gasteiger partial charge in [0, 0.05) is 12.8 Å². The van der Waals surface area contributed by atoms with Crippen molar-refractivity contribution in [2.24, 2.45) is 0 Å². The molecule has 2 saturated heterocycles. The second-order valence-corrected chi connectivity index (χ2v) is 11.8. The number of benzene rings is 2. The van der Waals surface area contributed by atoms with E-state index < -0.39 is 0 Å². The minimum absolute atomic E-state index is 0.00871. The van der Waals surface area contributed by atoms with E-state index in [1.54, 1.807) is 0 Å².